The molecule has 1 aromatic heterocycles. The van der Waals surface area contributed by atoms with E-state index in [9.17, 15) is 4.79 Å². The van der Waals surface area contributed by atoms with Gasteiger partial charge in [0, 0.05) is 13.0 Å². The van der Waals surface area contributed by atoms with Gasteiger partial charge in [0.05, 0.1) is 24.2 Å². The molecule has 0 aliphatic rings. The summed E-state index contributed by atoms with van der Waals surface area (Å²) in [7, 11) is 1.67. The van der Waals surface area contributed by atoms with Gasteiger partial charge in [-0.25, -0.2) is 4.98 Å². The van der Waals surface area contributed by atoms with Crippen LogP contribution in [0.1, 0.15) is 36.3 Å². The topological polar surface area (TPSA) is 56.1 Å². The van der Waals surface area contributed by atoms with Crippen LogP contribution in [0.4, 0.5) is 0 Å². The first kappa shape index (κ1) is 20.7. The standard InChI is InChI=1S/C26H27N3O2/c1-19(27-25(30)17-14-20-8-4-3-5-9-20)26-28-23-10-6-7-11-24(23)29(26)18-21-12-15-22(31-2)16-13-21/h3-13,15-16,19H,14,17-18H2,1-2H3,(H,27,30). The summed E-state index contributed by atoms with van der Waals surface area (Å²) in [5.41, 5.74) is 4.29. The largest absolute Gasteiger partial charge is 0.497 e. The number of methoxy groups -OCH3 is 1. The average molecular weight is 414 g/mol. The van der Waals surface area contributed by atoms with Crippen molar-refractivity contribution < 1.29 is 9.53 Å². The normalized spacial score (nSPS) is 11.9. The molecule has 158 valence electrons. The van der Waals surface area contributed by atoms with Gasteiger partial charge in [-0.3, -0.25) is 4.79 Å². The summed E-state index contributed by atoms with van der Waals surface area (Å²) in [6, 6.07) is 26.0. The first-order valence-electron chi connectivity index (χ1n) is 10.6. The van der Waals surface area contributed by atoms with E-state index >= 15 is 0 Å². The lowest BCUT2D eigenvalue weighted by Gasteiger charge is -2.17. The number of imidazole rings is 1. The summed E-state index contributed by atoms with van der Waals surface area (Å²) in [6.45, 7) is 2.66. The van der Waals surface area contributed by atoms with Crippen LogP contribution in [0.2, 0.25) is 0 Å². The van der Waals surface area contributed by atoms with Crippen molar-refractivity contribution in [3.05, 3.63) is 95.8 Å². The predicted molar refractivity (Wildman–Crippen MR) is 123 cm³/mol. The Hall–Kier alpha value is -3.60. The number of nitrogens with zero attached hydrogens (tertiary/aromatic N) is 2. The molecule has 1 amide bonds. The molecule has 0 saturated heterocycles. The fourth-order valence-corrected chi connectivity index (χ4v) is 3.79. The molecule has 4 rings (SSSR count). The second kappa shape index (κ2) is 9.47. The number of benzene rings is 3. The summed E-state index contributed by atoms with van der Waals surface area (Å²) in [6.07, 6.45) is 1.18. The fourth-order valence-electron chi connectivity index (χ4n) is 3.79. The fraction of sp³-hybridized carbons (Fsp3) is 0.231. The zero-order chi connectivity index (χ0) is 21.6. The highest BCUT2D eigenvalue weighted by atomic mass is 16.5. The molecule has 31 heavy (non-hydrogen) atoms. The lowest BCUT2D eigenvalue weighted by molar-refractivity contribution is -0.121. The van der Waals surface area contributed by atoms with Gasteiger partial charge >= 0.3 is 0 Å². The van der Waals surface area contributed by atoms with Crippen molar-refractivity contribution in [3.63, 3.8) is 0 Å². The molecule has 0 spiro atoms. The van der Waals surface area contributed by atoms with Gasteiger partial charge in [0.1, 0.15) is 11.6 Å². The number of rotatable bonds is 8. The van der Waals surface area contributed by atoms with Crippen LogP contribution in [0.3, 0.4) is 0 Å². The predicted octanol–water partition coefficient (Wildman–Crippen LogP) is 4.90. The molecule has 5 nitrogen and oxygen atoms in total. The maximum atomic E-state index is 12.6. The molecular formula is C26H27N3O2. The number of ether oxygens (including phenoxy) is 1. The van der Waals surface area contributed by atoms with Crippen molar-refractivity contribution in [2.75, 3.05) is 7.11 Å². The second-order valence-electron chi connectivity index (χ2n) is 7.67. The molecule has 0 aliphatic carbocycles. The van der Waals surface area contributed by atoms with Gasteiger partial charge in [0.15, 0.2) is 0 Å². The summed E-state index contributed by atoms with van der Waals surface area (Å²) < 4.78 is 7.45. The first-order valence-corrected chi connectivity index (χ1v) is 10.6. The van der Waals surface area contributed by atoms with Crippen LogP contribution in [-0.4, -0.2) is 22.6 Å². The number of amides is 1. The van der Waals surface area contributed by atoms with Crippen LogP contribution >= 0.6 is 0 Å². The number of nitrogens with one attached hydrogen (secondary N) is 1. The molecule has 0 saturated carbocycles. The Bertz CT molecular complexity index is 1150. The minimum Gasteiger partial charge on any atom is -0.497 e. The molecule has 1 unspecified atom stereocenters. The highest BCUT2D eigenvalue weighted by Crippen LogP contribution is 2.23. The Balaban J connectivity index is 1.53. The van der Waals surface area contributed by atoms with E-state index in [1.54, 1.807) is 7.11 Å². The van der Waals surface area contributed by atoms with E-state index in [1.165, 1.54) is 0 Å². The van der Waals surface area contributed by atoms with Crippen LogP contribution in [0.15, 0.2) is 78.9 Å². The molecule has 0 aliphatic heterocycles. The zero-order valence-corrected chi connectivity index (χ0v) is 17.9. The molecule has 1 atom stereocenters. The zero-order valence-electron chi connectivity index (χ0n) is 17.9. The SMILES string of the molecule is COc1ccc(Cn2c(C(C)NC(=O)CCc3ccccc3)nc3ccccc32)cc1. The molecule has 0 radical (unpaired) electrons. The van der Waals surface area contributed by atoms with Crippen LogP contribution in [-0.2, 0) is 17.8 Å². The minimum absolute atomic E-state index is 0.0272. The van der Waals surface area contributed by atoms with Crippen molar-refractivity contribution in [3.8, 4) is 5.75 Å². The van der Waals surface area contributed by atoms with E-state index in [-0.39, 0.29) is 11.9 Å². The number of fused-ring (bicyclic) bond motifs is 1. The second-order valence-corrected chi connectivity index (χ2v) is 7.67. The van der Waals surface area contributed by atoms with E-state index in [0.29, 0.717) is 13.0 Å². The molecule has 4 aromatic rings. The Morgan fingerprint density at radius 3 is 2.42 bits per heavy atom. The third-order valence-corrected chi connectivity index (χ3v) is 5.43. The third kappa shape index (κ3) is 4.94. The third-order valence-electron chi connectivity index (χ3n) is 5.43. The minimum atomic E-state index is -0.200. The van der Waals surface area contributed by atoms with Gasteiger partial charge in [0.2, 0.25) is 5.91 Å². The smallest absolute Gasteiger partial charge is 0.220 e. The maximum absolute atomic E-state index is 12.6. The van der Waals surface area contributed by atoms with E-state index in [4.69, 9.17) is 9.72 Å². The van der Waals surface area contributed by atoms with Gasteiger partial charge in [0.25, 0.3) is 0 Å². The highest BCUT2D eigenvalue weighted by Gasteiger charge is 2.18. The molecule has 0 bridgehead atoms. The lowest BCUT2D eigenvalue weighted by Crippen LogP contribution is -2.29. The number of carbonyl (C=O) groups excluding carboxylic acids is 1. The van der Waals surface area contributed by atoms with Crippen molar-refractivity contribution in [2.24, 2.45) is 0 Å². The Kier molecular flexibility index (Phi) is 6.32. The van der Waals surface area contributed by atoms with Gasteiger partial charge < -0.3 is 14.6 Å². The molecular weight excluding hydrogens is 386 g/mol. The summed E-state index contributed by atoms with van der Waals surface area (Å²) in [4.78, 5) is 17.4. The van der Waals surface area contributed by atoms with Gasteiger partial charge in [-0.2, -0.15) is 0 Å². The monoisotopic (exact) mass is 413 g/mol. The summed E-state index contributed by atoms with van der Waals surface area (Å²) in [5.74, 6) is 1.71. The number of para-hydroxylation sites is 2. The quantitative estimate of drug-likeness (QED) is 0.447. The molecule has 1 N–H and O–H groups in total. The van der Waals surface area contributed by atoms with E-state index in [2.05, 4.69) is 28.1 Å². The molecule has 5 heteroatoms. The molecule has 3 aromatic carbocycles. The van der Waals surface area contributed by atoms with E-state index in [1.807, 2.05) is 67.6 Å². The summed E-state index contributed by atoms with van der Waals surface area (Å²) >= 11 is 0. The van der Waals surface area contributed by atoms with E-state index in [0.717, 1.165) is 40.2 Å². The van der Waals surface area contributed by atoms with Crippen molar-refractivity contribution in [2.45, 2.75) is 32.4 Å². The van der Waals surface area contributed by atoms with Gasteiger partial charge in [-0.05, 0) is 48.7 Å². The number of hydrogen-bond acceptors (Lipinski definition) is 3. The highest BCUT2D eigenvalue weighted by molar-refractivity contribution is 5.78. The lowest BCUT2D eigenvalue weighted by atomic mass is 10.1. The number of aromatic nitrogens is 2. The van der Waals surface area contributed by atoms with Crippen molar-refractivity contribution in [1.29, 1.82) is 0 Å². The van der Waals surface area contributed by atoms with Crippen LogP contribution in [0.25, 0.3) is 11.0 Å². The Morgan fingerprint density at radius 2 is 1.68 bits per heavy atom. The van der Waals surface area contributed by atoms with Crippen molar-refractivity contribution >= 4 is 16.9 Å². The van der Waals surface area contributed by atoms with Crippen molar-refractivity contribution in [1.82, 2.24) is 14.9 Å². The van der Waals surface area contributed by atoms with Crippen LogP contribution in [0, 0.1) is 0 Å². The Morgan fingerprint density at radius 1 is 0.968 bits per heavy atom. The molecule has 0 fully saturated rings. The van der Waals surface area contributed by atoms with Crippen LogP contribution < -0.4 is 10.1 Å². The van der Waals surface area contributed by atoms with Crippen LogP contribution in [0.5, 0.6) is 5.75 Å². The Labute approximate surface area is 182 Å². The van der Waals surface area contributed by atoms with Gasteiger partial charge in [-0.1, -0.05) is 54.6 Å². The van der Waals surface area contributed by atoms with E-state index < -0.39 is 0 Å². The molecule has 1 heterocycles. The average Bonchev–Trinajstić information content (AvgIpc) is 3.17. The first-order chi connectivity index (χ1) is 15.1. The number of carbonyl (C=O) groups is 1. The number of aryl methyl sites for hydroxylation is 1. The van der Waals surface area contributed by atoms with Gasteiger partial charge in [-0.15, -0.1) is 0 Å². The summed E-state index contributed by atoms with van der Waals surface area (Å²) in [5, 5.41) is 3.13. The maximum Gasteiger partial charge on any atom is 0.220 e. The number of hydrogen-bond donors (Lipinski definition) is 1.